The average Bonchev–Trinajstić information content (AvgIpc) is 2.40. The first-order valence-electron chi connectivity index (χ1n) is 4.95. The van der Waals surface area contributed by atoms with Crippen LogP contribution < -0.4 is 15.3 Å². The molecule has 0 saturated heterocycles. The van der Waals surface area contributed by atoms with Crippen LogP contribution in [-0.2, 0) is 43.6 Å². The van der Waals surface area contributed by atoms with Crippen molar-refractivity contribution in [3.63, 3.8) is 0 Å². The van der Waals surface area contributed by atoms with E-state index in [9.17, 15) is 4.79 Å². The van der Waals surface area contributed by atoms with Gasteiger partial charge in [-0.15, -0.1) is 0 Å². The Hall–Kier alpha value is -2.03. The molecule has 0 aromatic carbocycles. The molecule has 0 aliphatic rings. The summed E-state index contributed by atoms with van der Waals surface area (Å²) in [7, 11) is 0. The van der Waals surface area contributed by atoms with Crippen LogP contribution in [0.5, 0.6) is 0 Å². The van der Waals surface area contributed by atoms with Crippen molar-refractivity contribution in [3.05, 3.63) is 38.0 Å². The van der Waals surface area contributed by atoms with E-state index in [2.05, 4.69) is 19.7 Å². The van der Waals surface area contributed by atoms with Crippen LogP contribution >= 0.6 is 0 Å². The number of hydrogen-bond acceptors (Lipinski definition) is 7. The molecule has 0 atom stereocenters. The summed E-state index contributed by atoms with van der Waals surface area (Å²) < 4.78 is 0.870. The Morgan fingerprint density at radius 2 is 1.05 bits per heavy atom. The molecule has 0 unspecified atom stereocenters. The van der Waals surface area contributed by atoms with Gasteiger partial charge in [0.25, 0.3) is 0 Å². The summed E-state index contributed by atoms with van der Waals surface area (Å²) in [6.07, 6.45) is 2.52. The van der Waals surface area contributed by atoms with E-state index in [0.717, 1.165) is 46.8 Å². The molecule has 0 aromatic heterocycles. The predicted octanol–water partition coefficient (Wildman–Crippen LogP) is -2.81. The van der Waals surface area contributed by atoms with E-state index >= 15 is 0 Å². The van der Waals surface area contributed by atoms with Crippen molar-refractivity contribution < 1.29 is 64.0 Å². The van der Waals surface area contributed by atoms with Crippen LogP contribution in [0.1, 0.15) is 6.42 Å². The molecule has 0 radical (unpaired) electrons. The number of carboxylic acid groups (broad SMARTS) is 4. The molecule has 9 heteroatoms. The van der Waals surface area contributed by atoms with Crippen LogP contribution in [0, 0.1) is 0 Å². The molecule has 0 bridgehead atoms. The molecule has 0 aromatic rings. The predicted molar refractivity (Wildman–Crippen MR) is 62.7 cm³/mol. The van der Waals surface area contributed by atoms with Crippen molar-refractivity contribution in [2.75, 3.05) is 0 Å². The van der Waals surface area contributed by atoms with Gasteiger partial charge in [-0.1, -0.05) is 19.7 Å². The second-order valence-corrected chi connectivity index (χ2v) is 4.26. The zero-order valence-corrected chi connectivity index (χ0v) is 14.7. The number of aliphatic carboxylic acids is 4. The van der Waals surface area contributed by atoms with Gasteiger partial charge >= 0.3 is 50.8 Å². The maximum absolute atomic E-state index is 9.62. The molecular weight excluding hydrogens is 451 g/mol. The fourth-order valence-corrected chi connectivity index (χ4v) is 0.875. The Bertz CT molecular complexity index is 319. The normalized spacial score (nSPS) is 6.95. The fraction of sp³-hybridized carbons (Fsp3) is 0.167. The molecule has 0 rings (SSSR count). The Labute approximate surface area is 136 Å². The third-order valence-corrected chi connectivity index (χ3v) is 1.74. The van der Waals surface area contributed by atoms with Crippen molar-refractivity contribution in [1.29, 1.82) is 0 Å². The Morgan fingerprint density at radius 1 is 0.857 bits per heavy atom. The standard InChI is InChI=1S/C3H5O2.3C3H4O2.Hf/c4*1-2-3(4)5;/h1-2H2,(H,4,5);3*2H,1H2,(H,4,5);/q;;;;+3/p-3. The van der Waals surface area contributed by atoms with Crippen LogP contribution in [0.2, 0.25) is 4.18 Å². The van der Waals surface area contributed by atoms with E-state index in [0.29, 0.717) is 6.42 Å². The first-order valence-corrected chi connectivity index (χ1v) is 7.49. The molecule has 0 fully saturated rings. The summed E-state index contributed by atoms with van der Waals surface area (Å²) in [6, 6.07) is 0. The summed E-state index contributed by atoms with van der Waals surface area (Å²) in [5.41, 5.74) is 0. The summed E-state index contributed by atoms with van der Waals surface area (Å²) in [5, 5.41) is 35.4. The van der Waals surface area contributed by atoms with Gasteiger partial charge in [-0.2, -0.15) is 0 Å². The van der Waals surface area contributed by atoms with E-state index in [4.69, 9.17) is 34.8 Å². The maximum atomic E-state index is 9.62. The van der Waals surface area contributed by atoms with E-state index in [1.165, 1.54) is 0 Å². The topological polar surface area (TPSA) is 158 Å². The van der Waals surface area contributed by atoms with Crippen molar-refractivity contribution in [2.45, 2.75) is 10.6 Å². The van der Waals surface area contributed by atoms with Crippen LogP contribution in [-0.4, -0.2) is 29.0 Å². The van der Waals surface area contributed by atoms with Crippen molar-refractivity contribution in [2.24, 2.45) is 0 Å². The van der Waals surface area contributed by atoms with Gasteiger partial charge in [0.05, 0.1) is 17.9 Å². The molecular formula is C12H14HfO8. The van der Waals surface area contributed by atoms with E-state index in [1.54, 1.807) is 0 Å². The fourth-order valence-electron chi connectivity index (χ4n) is 0.107. The Kier molecular flexibility index (Phi) is 30.1. The summed E-state index contributed by atoms with van der Waals surface area (Å²) >= 11 is 1.01. The van der Waals surface area contributed by atoms with Crippen LogP contribution in [0.25, 0.3) is 0 Å². The van der Waals surface area contributed by atoms with Gasteiger partial charge in [0.15, 0.2) is 0 Å². The van der Waals surface area contributed by atoms with Crippen molar-refractivity contribution >= 4 is 23.9 Å². The molecule has 1 N–H and O–H groups in total. The van der Waals surface area contributed by atoms with Gasteiger partial charge in [-0.05, 0) is 18.2 Å². The van der Waals surface area contributed by atoms with E-state index in [1.807, 2.05) is 0 Å². The summed E-state index contributed by atoms with van der Waals surface area (Å²) in [4.78, 5) is 37.0. The molecule has 0 amide bonds. The molecule has 8 nitrogen and oxygen atoms in total. The zero-order valence-electron chi connectivity index (χ0n) is 11.1. The van der Waals surface area contributed by atoms with Crippen molar-refractivity contribution in [3.8, 4) is 0 Å². The summed E-state index contributed by atoms with van der Waals surface area (Å²) in [6.45, 7) is 8.69. The second kappa shape index (κ2) is 23.1. The first-order chi connectivity index (χ1) is 9.58. The summed E-state index contributed by atoms with van der Waals surface area (Å²) in [5.74, 6) is -4.37. The minimum absolute atomic E-state index is 0.353. The number of hydrogen-bond donors (Lipinski definition) is 1. The number of carbonyl (C=O) groups is 4. The molecule has 0 saturated carbocycles. The molecule has 0 aliphatic carbocycles. The molecule has 114 valence electrons. The SMILES string of the molecule is C=CC(=O)[O-].C=CC(=O)[O-].C=CC(=O)[O-].O=C(O)C[CH2][Hf+3]. The van der Waals surface area contributed by atoms with Crippen LogP contribution in [0.3, 0.4) is 0 Å². The van der Waals surface area contributed by atoms with Gasteiger partial charge < -0.3 is 29.7 Å². The van der Waals surface area contributed by atoms with E-state index in [-0.39, 0.29) is 0 Å². The quantitative estimate of drug-likeness (QED) is 0.337. The third kappa shape index (κ3) is 94.3. The number of rotatable bonds is 5. The van der Waals surface area contributed by atoms with Gasteiger partial charge in [0.2, 0.25) is 0 Å². The molecule has 0 aliphatic heterocycles. The van der Waals surface area contributed by atoms with E-state index < -0.39 is 23.9 Å². The number of carboxylic acids is 4. The Morgan fingerprint density at radius 3 is 1.05 bits per heavy atom. The van der Waals surface area contributed by atoms with Crippen LogP contribution in [0.15, 0.2) is 38.0 Å². The van der Waals surface area contributed by atoms with Gasteiger partial charge in [-0.25, -0.2) is 0 Å². The van der Waals surface area contributed by atoms with Gasteiger partial charge in [0, 0.05) is 0 Å². The molecule has 0 heterocycles. The number of carbonyl (C=O) groups excluding carboxylic acids is 3. The first kappa shape index (κ1) is 27.3. The minimum atomic E-state index is -1.23. The van der Waals surface area contributed by atoms with Crippen molar-refractivity contribution in [1.82, 2.24) is 0 Å². The Balaban J connectivity index is -0.0000000921. The average molecular weight is 465 g/mol. The molecule has 0 spiro atoms. The van der Waals surface area contributed by atoms with Crippen LogP contribution in [0.4, 0.5) is 0 Å². The molecule has 21 heavy (non-hydrogen) atoms. The second-order valence-electron chi connectivity index (χ2n) is 2.46. The van der Waals surface area contributed by atoms with Gasteiger partial charge in [0.1, 0.15) is 0 Å². The third-order valence-electron chi connectivity index (χ3n) is 0.839. The zero-order chi connectivity index (χ0) is 17.8. The van der Waals surface area contributed by atoms with Gasteiger partial charge in [-0.3, -0.25) is 0 Å². The monoisotopic (exact) mass is 466 g/mol.